The van der Waals surface area contributed by atoms with Gasteiger partial charge >= 0.3 is 36.4 Å². The lowest BCUT2D eigenvalue weighted by Crippen LogP contribution is -2.49. The van der Waals surface area contributed by atoms with E-state index < -0.39 is 36.4 Å². The van der Waals surface area contributed by atoms with Gasteiger partial charge in [-0.2, -0.15) is 44.6 Å². The number of piperidine rings is 1. The van der Waals surface area contributed by atoms with Crippen LogP contribution < -0.4 is 0 Å². The second-order valence-electron chi connectivity index (χ2n) is 10.1. The minimum atomic E-state index is -5.08. The summed E-state index contributed by atoms with van der Waals surface area (Å²) in [5.74, 6) is -7.50. The molecule has 11 nitrogen and oxygen atoms in total. The molecule has 2 aromatic heterocycles. The number of carbonyl (C=O) groups is 3. The van der Waals surface area contributed by atoms with Gasteiger partial charge in [-0.1, -0.05) is 0 Å². The summed E-state index contributed by atoms with van der Waals surface area (Å²) < 4.78 is 103. The molecule has 2 aromatic rings. The Morgan fingerprint density at radius 3 is 1.84 bits per heavy atom. The molecule has 0 amide bonds. The van der Waals surface area contributed by atoms with Gasteiger partial charge in [0, 0.05) is 49.2 Å². The average molecular weight is 671 g/mol. The predicted octanol–water partition coefficient (Wildman–Crippen LogP) is 4.75. The summed E-state index contributed by atoms with van der Waals surface area (Å²) in [6.07, 6.45) is -5.07. The Balaban J connectivity index is 0.000000396. The van der Waals surface area contributed by atoms with Crippen LogP contribution in [0.5, 0.6) is 0 Å². The first-order valence-corrected chi connectivity index (χ1v) is 12.9. The lowest BCUT2D eigenvalue weighted by atomic mass is 9.91. The molecular formula is C25H31F9N4O7. The number of carboxylic acids is 3. The fourth-order valence-electron chi connectivity index (χ4n) is 4.84. The Kier molecular flexibility index (Phi) is 14.4. The fraction of sp³-hybridized carbons (Fsp3) is 0.600. The number of rotatable bonds is 5. The first-order valence-electron chi connectivity index (χ1n) is 12.9. The highest BCUT2D eigenvalue weighted by atomic mass is 19.4. The van der Waals surface area contributed by atoms with E-state index in [9.17, 15) is 39.5 Å². The van der Waals surface area contributed by atoms with E-state index in [-0.39, 0.29) is 0 Å². The van der Waals surface area contributed by atoms with Crippen molar-refractivity contribution in [1.82, 2.24) is 19.6 Å². The van der Waals surface area contributed by atoms with E-state index >= 15 is 0 Å². The smallest absolute Gasteiger partial charge is 0.475 e. The van der Waals surface area contributed by atoms with Gasteiger partial charge in [0.25, 0.3) is 0 Å². The molecule has 2 fully saturated rings. The van der Waals surface area contributed by atoms with Crippen LogP contribution in [0.2, 0.25) is 0 Å². The molecule has 0 aliphatic carbocycles. The van der Waals surface area contributed by atoms with E-state index in [0.717, 1.165) is 25.0 Å². The summed E-state index contributed by atoms with van der Waals surface area (Å²) in [4.78, 5) is 32.1. The van der Waals surface area contributed by atoms with Crippen LogP contribution in [0.4, 0.5) is 39.5 Å². The van der Waals surface area contributed by atoms with Crippen molar-refractivity contribution >= 4 is 17.9 Å². The highest BCUT2D eigenvalue weighted by molar-refractivity contribution is 5.73. The molecule has 0 saturated carbocycles. The predicted molar refractivity (Wildman–Crippen MR) is 135 cm³/mol. The highest BCUT2D eigenvalue weighted by Crippen LogP contribution is 2.38. The van der Waals surface area contributed by atoms with Gasteiger partial charge in [0.05, 0.1) is 19.1 Å². The van der Waals surface area contributed by atoms with E-state index in [1.165, 1.54) is 31.5 Å². The van der Waals surface area contributed by atoms with Gasteiger partial charge in [-0.15, -0.1) is 0 Å². The van der Waals surface area contributed by atoms with Gasteiger partial charge in [-0.05, 0) is 51.3 Å². The molecule has 2 saturated heterocycles. The van der Waals surface area contributed by atoms with E-state index in [0.29, 0.717) is 12.1 Å². The Morgan fingerprint density at radius 2 is 1.47 bits per heavy atom. The zero-order valence-electron chi connectivity index (χ0n) is 23.7. The molecule has 2 aliphatic rings. The maximum absolute atomic E-state index is 10.6. The summed E-state index contributed by atoms with van der Waals surface area (Å²) in [7, 11) is 0. The number of carboxylic acid groups (broad SMARTS) is 3. The quantitative estimate of drug-likeness (QED) is 0.381. The maximum atomic E-state index is 10.6. The number of aromatic nitrogens is 2. The number of fused-ring (bicyclic) bond motifs is 1. The Hall–Kier alpha value is -3.81. The zero-order chi connectivity index (χ0) is 34.8. The lowest BCUT2D eigenvalue weighted by molar-refractivity contribution is -0.193. The molecule has 0 aromatic carbocycles. The second-order valence-corrected chi connectivity index (χ2v) is 10.1. The molecule has 0 spiro atoms. The summed E-state index contributed by atoms with van der Waals surface area (Å²) in [6, 6.07) is 6.04. The first kappa shape index (κ1) is 39.2. The van der Waals surface area contributed by atoms with Gasteiger partial charge in [0.2, 0.25) is 0 Å². The minimum absolute atomic E-state index is 0.598. The Bertz CT molecular complexity index is 1130. The number of halogens is 9. The van der Waals surface area contributed by atoms with Crippen LogP contribution in [0.1, 0.15) is 32.3 Å². The molecular weight excluding hydrogens is 639 g/mol. The monoisotopic (exact) mass is 670 g/mol. The van der Waals surface area contributed by atoms with Crippen molar-refractivity contribution in [2.45, 2.75) is 76.4 Å². The van der Waals surface area contributed by atoms with Crippen LogP contribution >= 0.6 is 0 Å². The van der Waals surface area contributed by atoms with Crippen molar-refractivity contribution in [3.05, 3.63) is 42.6 Å². The van der Waals surface area contributed by atoms with Crippen molar-refractivity contribution in [2.75, 3.05) is 13.1 Å². The second kappa shape index (κ2) is 16.5. The van der Waals surface area contributed by atoms with Crippen molar-refractivity contribution in [3.8, 4) is 0 Å². The molecule has 4 heterocycles. The molecule has 20 heteroatoms. The topological polar surface area (TPSA) is 149 Å². The van der Waals surface area contributed by atoms with Crippen LogP contribution in [-0.4, -0.2) is 103 Å². The van der Waals surface area contributed by atoms with Crippen LogP contribution in [0.25, 0.3) is 0 Å². The van der Waals surface area contributed by atoms with E-state index in [4.69, 9.17) is 34.1 Å². The number of hydrogen-bond donors (Lipinski definition) is 3. The number of nitrogens with zero attached hydrogens (tertiary/aromatic N) is 4. The standard InChI is InChI=1S/C19H28N4O.3C2HF3O2/c1-15(2)23-18(13-22-7-3-6-20-22)10-17-12-21(8-4-19(17)23)11-16-5-9-24-14-16;3*3-2(4,5)1(6)7/h3,5-7,9,14-15,17-19H,4,8,10-13H2,1-2H3;3*(H,6,7)/t17-,18+,19+;;;/m1.../s1. The van der Waals surface area contributed by atoms with Gasteiger partial charge in [-0.25, -0.2) is 14.4 Å². The van der Waals surface area contributed by atoms with Crippen molar-refractivity contribution in [2.24, 2.45) is 5.92 Å². The van der Waals surface area contributed by atoms with Crippen molar-refractivity contribution < 1.29 is 73.6 Å². The van der Waals surface area contributed by atoms with Gasteiger partial charge in [-0.3, -0.25) is 14.5 Å². The third kappa shape index (κ3) is 13.8. The molecule has 3 atom stereocenters. The highest BCUT2D eigenvalue weighted by Gasteiger charge is 2.45. The molecule has 4 rings (SSSR count). The summed E-state index contributed by atoms with van der Waals surface area (Å²) in [6.45, 7) is 9.11. The van der Waals surface area contributed by atoms with Gasteiger partial charge in [0.1, 0.15) is 0 Å². The van der Waals surface area contributed by atoms with E-state index in [1.54, 1.807) is 6.26 Å². The average Bonchev–Trinajstić information content (AvgIpc) is 3.65. The van der Waals surface area contributed by atoms with Crippen molar-refractivity contribution in [1.29, 1.82) is 0 Å². The van der Waals surface area contributed by atoms with E-state index in [2.05, 4.69) is 45.7 Å². The summed E-state index contributed by atoms with van der Waals surface area (Å²) in [5, 5.41) is 25.8. The largest absolute Gasteiger partial charge is 0.490 e. The molecule has 2 aliphatic heterocycles. The van der Waals surface area contributed by atoms with Crippen LogP contribution in [0.3, 0.4) is 0 Å². The van der Waals surface area contributed by atoms with Gasteiger partial charge < -0.3 is 19.7 Å². The van der Waals surface area contributed by atoms with Crippen molar-refractivity contribution in [3.63, 3.8) is 0 Å². The third-order valence-corrected chi connectivity index (χ3v) is 6.42. The first-order chi connectivity index (χ1) is 20.5. The number of alkyl halides is 9. The molecule has 256 valence electrons. The molecule has 0 unspecified atom stereocenters. The third-order valence-electron chi connectivity index (χ3n) is 6.42. The minimum Gasteiger partial charge on any atom is -0.475 e. The van der Waals surface area contributed by atoms with E-state index in [1.807, 2.05) is 18.5 Å². The Labute approximate surface area is 249 Å². The number of likely N-dealkylation sites (tertiary alicyclic amines) is 2. The van der Waals surface area contributed by atoms with Crippen LogP contribution in [-0.2, 0) is 27.5 Å². The molecule has 0 radical (unpaired) electrons. The zero-order valence-corrected chi connectivity index (χ0v) is 23.7. The number of furan rings is 1. The van der Waals surface area contributed by atoms with Gasteiger partial charge in [0.15, 0.2) is 0 Å². The summed E-state index contributed by atoms with van der Waals surface area (Å²) >= 11 is 0. The molecule has 45 heavy (non-hydrogen) atoms. The number of aliphatic carboxylic acids is 3. The van der Waals surface area contributed by atoms with Crippen LogP contribution in [0, 0.1) is 5.92 Å². The normalized spacial score (nSPS) is 20.5. The fourth-order valence-corrected chi connectivity index (χ4v) is 4.84. The summed E-state index contributed by atoms with van der Waals surface area (Å²) in [5.41, 5.74) is 1.29. The SMILES string of the molecule is CC(C)N1[C@H](Cn2cccn2)C[C@@H]2CN(Cc3ccoc3)CC[C@@H]21.O=C(O)C(F)(F)F.O=C(O)C(F)(F)F.O=C(O)C(F)(F)F. The number of hydrogen-bond acceptors (Lipinski definition) is 7. The van der Waals surface area contributed by atoms with Crippen LogP contribution in [0.15, 0.2) is 41.5 Å². The molecule has 3 N–H and O–H groups in total. The molecule has 0 bridgehead atoms. The lowest BCUT2D eigenvalue weighted by Gasteiger charge is -2.40. The Morgan fingerprint density at radius 1 is 0.956 bits per heavy atom. The maximum Gasteiger partial charge on any atom is 0.490 e.